The maximum absolute atomic E-state index is 12.9. The highest BCUT2D eigenvalue weighted by Gasteiger charge is 2.32. The fourth-order valence-electron chi connectivity index (χ4n) is 3.65. The lowest BCUT2D eigenvalue weighted by molar-refractivity contribution is -0.115. The van der Waals surface area contributed by atoms with E-state index < -0.39 is 0 Å². The first-order valence-corrected chi connectivity index (χ1v) is 10.2. The Balaban J connectivity index is 1.51. The number of carbonyl (C=O) groups excluding carboxylic acids is 2. The molecular formula is C25H24N4O2. The van der Waals surface area contributed by atoms with E-state index in [1.165, 1.54) is 0 Å². The molecule has 0 radical (unpaired) electrons. The van der Waals surface area contributed by atoms with Crippen molar-refractivity contribution in [3.05, 3.63) is 102 Å². The molecule has 1 heterocycles. The highest BCUT2D eigenvalue weighted by molar-refractivity contribution is 6.39. The Labute approximate surface area is 181 Å². The number of hydrogen-bond acceptors (Lipinski definition) is 4. The third-order valence-corrected chi connectivity index (χ3v) is 5.25. The van der Waals surface area contributed by atoms with Gasteiger partial charge in [0.15, 0.2) is 0 Å². The number of benzene rings is 3. The van der Waals surface area contributed by atoms with Gasteiger partial charge in [-0.2, -0.15) is 5.10 Å². The largest absolute Gasteiger partial charge is 0.355 e. The number of para-hydroxylation sites is 1. The van der Waals surface area contributed by atoms with Gasteiger partial charge in [-0.25, -0.2) is 0 Å². The summed E-state index contributed by atoms with van der Waals surface area (Å²) < 4.78 is 0. The minimum absolute atomic E-state index is 0.0408. The summed E-state index contributed by atoms with van der Waals surface area (Å²) in [6.45, 7) is 0.323. The van der Waals surface area contributed by atoms with Crippen LogP contribution in [0, 0.1) is 0 Å². The molecule has 1 aliphatic heterocycles. The maximum atomic E-state index is 12.9. The van der Waals surface area contributed by atoms with Gasteiger partial charge >= 0.3 is 0 Å². The zero-order valence-corrected chi connectivity index (χ0v) is 17.3. The van der Waals surface area contributed by atoms with E-state index in [4.69, 9.17) is 0 Å². The number of carbonyl (C=O) groups is 2. The molecule has 3 aromatic rings. The third kappa shape index (κ3) is 4.64. The molecule has 0 spiro atoms. The van der Waals surface area contributed by atoms with Crippen molar-refractivity contribution in [1.82, 2.24) is 10.6 Å². The van der Waals surface area contributed by atoms with E-state index in [0.717, 1.165) is 16.8 Å². The van der Waals surface area contributed by atoms with E-state index in [2.05, 4.69) is 27.9 Å². The van der Waals surface area contributed by atoms with Crippen LogP contribution in [-0.2, 0) is 11.3 Å². The van der Waals surface area contributed by atoms with E-state index in [1.807, 2.05) is 65.7 Å². The van der Waals surface area contributed by atoms with Crippen LogP contribution in [0.4, 0.5) is 5.69 Å². The molecule has 2 amide bonds. The summed E-state index contributed by atoms with van der Waals surface area (Å²) in [5, 5.41) is 12.1. The van der Waals surface area contributed by atoms with Crippen molar-refractivity contribution in [3.63, 3.8) is 0 Å². The zero-order chi connectivity index (χ0) is 21.6. The number of anilines is 1. The SMILES string of the molecule is CNC(=O)c1cccc(CNC(=O)C2=NN(c3ccccc3)C(c3ccccc3)C2)c1. The molecule has 4 rings (SSSR count). The molecule has 0 saturated carbocycles. The van der Waals surface area contributed by atoms with Crippen LogP contribution in [0.1, 0.15) is 33.9 Å². The summed E-state index contributed by atoms with van der Waals surface area (Å²) in [5.41, 5.74) is 3.95. The summed E-state index contributed by atoms with van der Waals surface area (Å²) >= 11 is 0. The van der Waals surface area contributed by atoms with Crippen LogP contribution in [0.15, 0.2) is 90.0 Å². The monoisotopic (exact) mass is 412 g/mol. The summed E-state index contributed by atoms with van der Waals surface area (Å²) in [7, 11) is 1.59. The van der Waals surface area contributed by atoms with Gasteiger partial charge in [-0.15, -0.1) is 0 Å². The molecule has 0 aliphatic carbocycles. The van der Waals surface area contributed by atoms with Gasteiger partial charge in [0.2, 0.25) is 0 Å². The fourth-order valence-corrected chi connectivity index (χ4v) is 3.65. The van der Waals surface area contributed by atoms with Crippen molar-refractivity contribution in [2.24, 2.45) is 5.10 Å². The molecular weight excluding hydrogens is 388 g/mol. The fraction of sp³-hybridized carbons (Fsp3) is 0.160. The highest BCUT2D eigenvalue weighted by Crippen LogP contribution is 2.34. The van der Waals surface area contributed by atoms with E-state index in [0.29, 0.717) is 24.2 Å². The minimum atomic E-state index is -0.204. The van der Waals surface area contributed by atoms with Crippen molar-refractivity contribution in [3.8, 4) is 0 Å². The Morgan fingerprint density at radius 2 is 1.65 bits per heavy atom. The van der Waals surface area contributed by atoms with Gasteiger partial charge in [-0.3, -0.25) is 14.6 Å². The summed E-state index contributed by atoms with van der Waals surface area (Å²) in [6.07, 6.45) is 0.517. The van der Waals surface area contributed by atoms with Crippen LogP contribution >= 0.6 is 0 Å². The Kier molecular flexibility index (Phi) is 6.08. The second kappa shape index (κ2) is 9.26. The predicted molar refractivity (Wildman–Crippen MR) is 122 cm³/mol. The molecule has 2 N–H and O–H groups in total. The first-order chi connectivity index (χ1) is 15.2. The van der Waals surface area contributed by atoms with Crippen molar-refractivity contribution < 1.29 is 9.59 Å². The van der Waals surface area contributed by atoms with Crippen molar-refractivity contribution in [1.29, 1.82) is 0 Å². The van der Waals surface area contributed by atoms with Crippen LogP contribution in [0.5, 0.6) is 0 Å². The molecule has 3 aromatic carbocycles. The molecule has 1 unspecified atom stereocenters. The summed E-state index contributed by atoms with van der Waals surface area (Å²) in [5.74, 6) is -0.359. The molecule has 0 saturated heterocycles. The number of rotatable bonds is 6. The van der Waals surface area contributed by atoms with Crippen molar-refractivity contribution in [2.75, 3.05) is 12.1 Å². The molecule has 156 valence electrons. The molecule has 0 aromatic heterocycles. The molecule has 0 fully saturated rings. The second-order valence-corrected chi connectivity index (χ2v) is 7.32. The van der Waals surface area contributed by atoms with E-state index in [9.17, 15) is 9.59 Å². The maximum Gasteiger partial charge on any atom is 0.267 e. The molecule has 1 aliphatic rings. The molecule has 31 heavy (non-hydrogen) atoms. The normalized spacial score (nSPS) is 15.3. The van der Waals surface area contributed by atoms with Gasteiger partial charge in [0.05, 0.1) is 11.7 Å². The van der Waals surface area contributed by atoms with Crippen molar-refractivity contribution >= 4 is 23.2 Å². The standard InChI is InChI=1S/C25H24N4O2/c1-26-24(30)20-12-8-9-18(15-20)17-27-25(31)22-16-23(19-10-4-2-5-11-19)29(28-22)21-13-6-3-7-14-21/h2-15,23H,16-17H2,1H3,(H,26,30)(H,27,31). The van der Waals surface area contributed by atoms with Crippen LogP contribution in [0.3, 0.4) is 0 Å². The van der Waals surface area contributed by atoms with E-state index >= 15 is 0 Å². The van der Waals surface area contributed by atoms with Gasteiger partial charge in [0.1, 0.15) is 5.71 Å². The number of hydrazone groups is 1. The Morgan fingerprint density at radius 1 is 0.935 bits per heavy atom. The van der Waals surface area contributed by atoms with Gasteiger partial charge in [-0.1, -0.05) is 60.7 Å². The number of nitrogens with zero attached hydrogens (tertiary/aromatic N) is 2. The average molecular weight is 412 g/mol. The Bertz CT molecular complexity index is 1100. The number of amides is 2. The Morgan fingerprint density at radius 3 is 2.35 bits per heavy atom. The quantitative estimate of drug-likeness (QED) is 0.649. The van der Waals surface area contributed by atoms with E-state index in [-0.39, 0.29) is 17.9 Å². The second-order valence-electron chi connectivity index (χ2n) is 7.32. The third-order valence-electron chi connectivity index (χ3n) is 5.25. The molecule has 6 nitrogen and oxygen atoms in total. The summed E-state index contributed by atoms with van der Waals surface area (Å²) in [6, 6.07) is 27.1. The first-order valence-electron chi connectivity index (χ1n) is 10.2. The van der Waals surface area contributed by atoms with Gasteiger partial charge in [-0.05, 0) is 35.4 Å². The summed E-state index contributed by atoms with van der Waals surface area (Å²) in [4.78, 5) is 24.7. The molecule has 0 bridgehead atoms. The lowest BCUT2D eigenvalue weighted by Gasteiger charge is -2.23. The predicted octanol–water partition coefficient (Wildman–Crippen LogP) is 3.67. The first kappa shape index (κ1) is 20.3. The lowest BCUT2D eigenvalue weighted by Crippen LogP contribution is -2.30. The number of hydrogen-bond donors (Lipinski definition) is 2. The van der Waals surface area contributed by atoms with Crippen LogP contribution in [-0.4, -0.2) is 24.6 Å². The van der Waals surface area contributed by atoms with Crippen LogP contribution in [0.2, 0.25) is 0 Å². The van der Waals surface area contributed by atoms with Gasteiger partial charge in [0, 0.05) is 25.6 Å². The average Bonchev–Trinajstić information content (AvgIpc) is 3.29. The lowest BCUT2D eigenvalue weighted by atomic mass is 10.0. The zero-order valence-electron chi connectivity index (χ0n) is 17.3. The molecule has 1 atom stereocenters. The molecule has 6 heteroatoms. The van der Waals surface area contributed by atoms with Crippen molar-refractivity contribution in [2.45, 2.75) is 19.0 Å². The minimum Gasteiger partial charge on any atom is -0.355 e. The van der Waals surface area contributed by atoms with Crippen LogP contribution < -0.4 is 15.6 Å². The van der Waals surface area contributed by atoms with E-state index in [1.54, 1.807) is 19.2 Å². The smallest absolute Gasteiger partial charge is 0.267 e. The number of nitrogens with one attached hydrogen (secondary N) is 2. The van der Waals surface area contributed by atoms with Gasteiger partial charge in [0.25, 0.3) is 11.8 Å². The van der Waals surface area contributed by atoms with Gasteiger partial charge < -0.3 is 10.6 Å². The Hall–Kier alpha value is -3.93. The van der Waals surface area contributed by atoms with Crippen LogP contribution in [0.25, 0.3) is 0 Å². The topological polar surface area (TPSA) is 73.8 Å². The highest BCUT2D eigenvalue weighted by atomic mass is 16.2.